The molecule has 0 saturated carbocycles. The molecule has 0 spiro atoms. The first-order chi connectivity index (χ1) is 13.6. The number of hydrogen-bond donors (Lipinski definition) is 1. The largest absolute Gasteiger partial charge is 0.497 e. The van der Waals surface area contributed by atoms with Crippen molar-refractivity contribution in [3.05, 3.63) is 46.7 Å². The normalized spacial score (nSPS) is 10.9. The summed E-state index contributed by atoms with van der Waals surface area (Å²) in [5.74, 6) is 3.07. The molecule has 0 bridgehead atoms. The average molecular weight is 400 g/mol. The van der Waals surface area contributed by atoms with Crippen molar-refractivity contribution >= 4 is 18.4 Å². The van der Waals surface area contributed by atoms with Crippen LogP contribution >= 0.6 is 12.2 Å². The van der Waals surface area contributed by atoms with E-state index in [4.69, 9.17) is 31.2 Å². The smallest absolute Gasteiger partial charge is 0.216 e. The van der Waals surface area contributed by atoms with Crippen LogP contribution in [0.1, 0.15) is 5.56 Å². The summed E-state index contributed by atoms with van der Waals surface area (Å²) in [6.07, 6.45) is 1.65. The molecule has 0 atom stereocenters. The van der Waals surface area contributed by atoms with Gasteiger partial charge in [-0.1, -0.05) is 0 Å². The van der Waals surface area contributed by atoms with E-state index in [-0.39, 0.29) is 0 Å². The van der Waals surface area contributed by atoms with Crippen molar-refractivity contribution in [2.24, 2.45) is 5.10 Å². The molecular weight excluding hydrogens is 380 g/mol. The van der Waals surface area contributed by atoms with Crippen molar-refractivity contribution in [1.29, 1.82) is 0 Å². The molecule has 3 rings (SSSR count). The van der Waals surface area contributed by atoms with Crippen LogP contribution in [0.3, 0.4) is 0 Å². The standard InChI is InChI=1S/C19H20N4O4S/c1-24-14-7-5-13(16(10-14)26-3)11-20-23-18(21-22-19(23)28)12-6-8-15(25-2)17(9-12)27-4/h5-11H,1-4H3,(H,22,28)/b20-11-. The lowest BCUT2D eigenvalue weighted by Gasteiger charge is -2.09. The fourth-order valence-corrected chi connectivity index (χ4v) is 2.79. The Morgan fingerprint density at radius 1 is 0.929 bits per heavy atom. The summed E-state index contributed by atoms with van der Waals surface area (Å²) >= 11 is 5.32. The molecule has 0 fully saturated rings. The van der Waals surface area contributed by atoms with Crippen LogP contribution < -0.4 is 18.9 Å². The number of nitrogens with one attached hydrogen (secondary N) is 1. The van der Waals surface area contributed by atoms with Crippen molar-refractivity contribution in [2.45, 2.75) is 0 Å². The fourth-order valence-electron chi connectivity index (χ4n) is 2.61. The molecule has 0 aliphatic carbocycles. The Hall–Kier alpha value is -3.33. The first kappa shape index (κ1) is 19.4. The van der Waals surface area contributed by atoms with Gasteiger partial charge in [0.15, 0.2) is 17.3 Å². The zero-order chi connectivity index (χ0) is 20.1. The summed E-state index contributed by atoms with van der Waals surface area (Å²) in [6, 6.07) is 10.9. The molecule has 1 heterocycles. The van der Waals surface area contributed by atoms with Crippen LogP contribution in [0.5, 0.6) is 23.0 Å². The highest BCUT2D eigenvalue weighted by molar-refractivity contribution is 7.71. The molecule has 2 aromatic carbocycles. The number of rotatable bonds is 7. The number of aromatic nitrogens is 3. The highest BCUT2D eigenvalue weighted by Gasteiger charge is 2.12. The Kier molecular flexibility index (Phi) is 5.95. The first-order valence-corrected chi connectivity index (χ1v) is 8.68. The van der Waals surface area contributed by atoms with Gasteiger partial charge in [-0.2, -0.15) is 14.9 Å². The highest BCUT2D eigenvalue weighted by atomic mass is 32.1. The Balaban J connectivity index is 2.01. The second-order valence-corrected chi connectivity index (χ2v) is 5.97. The minimum Gasteiger partial charge on any atom is -0.497 e. The van der Waals surface area contributed by atoms with Crippen LogP contribution in [-0.4, -0.2) is 49.5 Å². The van der Waals surface area contributed by atoms with Crippen LogP contribution in [0.15, 0.2) is 41.5 Å². The predicted octanol–water partition coefficient (Wildman–Crippen LogP) is 3.52. The zero-order valence-electron chi connectivity index (χ0n) is 15.9. The van der Waals surface area contributed by atoms with E-state index in [0.717, 1.165) is 11.1 Å². The van der Waals surface area contributed by atoms with Gasteiger partial charge in [-0.05, 0) is 42.5 Å². The molecular formula is C19H20N4O4S. The van der Waals surface area contributed by atoms with Gasteiger partial charge in [0, 0.05) is 17.2 Å². The number of methoxy groups -OCH3 is 4. The van der Waals surface area contributed by atoms with Crippen LogP contribution in [0.2, 0.25) is 0 Å². The lowest BCUT2D eigenvalue weighted by molar-refractivity contribution is 0.355. The fraction of sp³-hybridized carbons (Fsp3) is 0.211. The lowest BCUT2D eigenvalue weighted by atomic mass is 10.2. The maximum Gasteiger partial charge on any atom is 0.216 e. The topological polar surface area (TPSA) is 82.9 Å². The van der Waals surface area contributed by atoms with E-state index in [2.05, 4.69) is 15.3 Å². The lowest BCUT2D eigenvalue weighted by Crippen LogP contribution is -1.98. The third-order valence-corrected chi connectivity index (χ3v) is 4.31. The van der Waals surface area contributed by atoms with E-state index >= 15 is 0 Å². The van der Waals surface area contributed by atoms with Gasteiger partial charge in [-0.3, -0.25) is 0 Å². The summed E-state index contributed by atoms with van der Waals surface area (Å²) in [7, 11) is 6.35. The molecule has 0 aliphatic heterocycles. The molecule has 0 saturated heterocycles. The molecule has 1 N–H and O–H groups in total. The second-order valence-electron chi connectivity index (χ2n) is 5.59. The van der Waals surface area contributed by atoms with Gasteiger partial charge < -0.3 is 18.9 Å². The van der Waals surface area contributed by atoms with E-state index in [9.17, 15) is 0 Å². The minimum atomic E-state index is 0.355. The number of H-pyrrole nitrogens is 1. The third-order valence-electron chi connectivity index (χ3n) is 4.05. The van der Waals surface area contributed by atoms with Crippen LogP contribution in [0.25, 0.3) is 11.4 Å². The molecule has 0 amide bonds. The van der Waals surface area contributed by atoms with E-state index in [0.29, 0.717) is 33.6 Å². The predicted molar refractivity (Wildman–Crippen MR) is 108 cm³/mol. The summed E-state index contributed by atoms with van der Waals surface area (Å²) in [4.78, 5) is 0. The molecule has 8 nitrogen and oxygen atoms in total. The number of hydrogen-bond acceptors (Lipinski definition) is 7. The number of benzene rings is 2. The maximum absolute atomic E-state index is 5.40. The number of ether oxygens (including phenoxy) is 4. The van der Waals surface area contributed by atoms with Gasteiger partial charge >= 0.3 is 0 Å². The molecule has 0 unspecified atom stereocenters. The van der Waals surface area contributed by atoms with E-state index in [1.807, 2.05) is 24.3 Å². The van der Waals surface area contributed by atoms with Crippen LogP contribution in [0, 0.1) is 4.77 Å². The van der Waals surface area contributed by atoms with Gasteiger partial charge in [0.25, 0.3) is 0 Å². The SMILES string of the molecule is COc1ccc(/C=N\n2c(-c3ccc(OC)c(OC)c3)n[nH]c2=S)c(OC)c1. The molecule has 9 heteroatoms. The van der Waals surface area contributed by atoms with Gasteiger partial charge in [0.2, 0.25) is 4.77 Å². The maximum atomic E-state index is 5.40. The van der Waals surface area contributed by atoms with Crippen molar-refractivity contribution in [2.75, 3.05) is 28.4 Å². The molecule has 146 valence electrons. The molecule has 3 aromatic rings. The van der Waals surface area contributed by atoms with E-state index < -0.39 is 0 Å². The van der Waals surface area contributed by atoms with Crippen LogP contribution in [0.4, 0.5) is 0 Å². The monoisotopic (exact) mass is 400 g/mol. The molecule has 0 aliphatic rings. The number of nitrogens with zero attached hydrogens (tertiary/aromatic N) is 3. The summed E-state index contributed by atoms with van der Waals surface area (Å²) < 4.78 is 23.1. The van der Waals surface area contributed by atoms with E-state index in [1.54, 1.807) is 46.8 Å². The van der Waals surface area contributed by atoms with Gasteiger partial charge in [0.05, 0.1) is 34.7 Å². The van der Waals surface area contributed by atoms with E-state index in [1.165, 1.54) is 4.68 Å². The highest BCUT2D eigenvalue weighted by Crippen LogP contribution is 2.31. The Bertz CT molecular complexity index is 1060. The third kappa shape index (κ3) is 3.84. The molecule has 0 radical (unpaired) electrons. The van der Waals surface area contributed by atoms with Crippen molar-refractivity contribution in [1.82, 2.24) is 14.9 Å². The quantitative estimate of drug-likeness (QED) is 0.483. The number of aromatic amines is 1. The Labute approximate surface area is 167 Å². The van der Waals surface area contributed by atoms with Crippen molar-refractivity contribution in [3.63, 3.8) is 0 Å². The van der Waals surface area contributed by atoms with Crippen LogP contribution in [-0.2, 0) is 0 Å². The van der Waals surface area contributed by atoms with Gasteiger partial charge in [0.1, 0.15) is 11.5 Å². The van der Waals surface area contributed by atoms with Gasteiger partial charge in [-0.25, -0.2) is 5.10 Å². The zero-order valence-corrected chi connectivity index (χ0v) is 16.7. The molecule has 1 aromatic heterocycles. The van der Waals surface area contributed by atoms with Crippen molar-refractivity contribution < 1.29 is 18.9 Å². The summed E-state index contributed by atoms with van der Waals surface area (Å²) in [6.45, 7) is 0. The average Bonchev–Trinajstić information content (AvgIpc) is 3.11. The Morgan fingerprint density at radius 2 is 1.68 bits per heavy atom. The molecule has 28 heavy (non-hydrogen) atoms. The second kappa shape index (κ2) is 8.57. The minimum absolute atomic E-state index is 0.355. The Morgan fingerprint density at radius 3 is 2.36 bits per heavy atom. The van der Waals surface area contributed by atoms with Crippen molar-refractivity contribution in [3.8, 4) is 34.4 Å². The summed E-state index contributed by atoms with van der Waals surface area (Å²) in [5, 5.41) is 11.5. The summed E-state index contributed by atoms with van der Waals surface area (Å²) in [5.41, 5.74) is 1.54. The first-order valence-electron chi connectivity index (χ1n) is 8.27. The van der Waals surface area contributed by atoms with Gasteiger partial charge in [-0.15, -0.1) is 0 Å².